The summed E-state index contributed by atoms with van der Waals surface area (Å²) in [6.07, 6.45) is 1.38. The molecule has 3 rings (SSSR count). The monoisotopic (exact) mass is 373 g/mol. The van der Waals surface area contributed by atoms with Crippen LogP contribution in [0.2, 0.25) is 0 Å². The summed E-state index contributed by atoms with van der Waals surface area (Å²) in [5.74, 6) is -0.599. The first kappa shape index (κ1) is 18.9. The van der Waals surface area contributed by atoms with Crippen molar-refractivity contribution in [3.05, 3.63) is 59.7 Å². The summed E-state index contributed by atoms with van der Waals surface area (Å²) in [6, 6.07) is 9.56. The van der Waals surface area contributed by atoms with E-state index in [4.69, 9.17) is 4.74 Å². The Bertz CT molecular complexity index is 833. The SMILES string of the molecule is COC(=O)N(CC(=O)N1CCn2cccc2[C@@H]1c1ccccc1F)C(C)C. The van der Waals surface area contributed by atoms with Crippen molar-refractivity contribution < 1.29 is 18.7 Å². The van der Waals surface area contributed by atoms with Crippen molar-refractivity contribution in [3.63, 3.8) is 0 Å². The molecule has 2 heterocycles. The predicted octanol–water partition coefficient (Wildman–Crippen LogP) is 3.04. The van der Waals surface area contributed by atoms with Crippen LogP contribution in [0.1, 0.15) is 31.1 Å². The molecule has 0 aliphatic carbocycles. The van der Waals surface area contributed by atoms with Crippen molar-refractivity contribution in [2.45, 2.75) is 32.5 Å². The maximum absolute atomic E-state index is 14.6. The third-order valence-electron chi connectivity index (χ3n) is 4.90. The number of carbonyl (C=O) groups excluding carboxylic acids is 2. The molecule has 1 aliphatic heterocycles. The molecule has 0 spiro atoms. The molecule has 0 bridgehead atoms. The molecule has 2 aromatic rings. The molecule has 2 amide bonds. The van der Waals surface area contributed by atoms with Gasteiger partial charge in [0.1, 0.15) is 18.4 Å². The minimum Gasteiger partial charge on any atom is -0.453 e. The molecule has 1 aliphatic rings. The van der Waals surface area contributed by atoms with Crippen LogP contribution in [0.15, 0.2) is 42.6 Å². The molecule has 27 heavy (non-hydrogen) atoms. The van der Waals surface area contributed by atoms with Crippen LogP contribution < -0.4 is 0 Å². The van der Waals surface area contributed by atoms with E-state index < -0.39 is 12.1 Å². The molecule has 1 atom stereocenters. The van der Waals surface area contributed by atoms with Crippen molar-refractivity contribution in [1.29, 1.82) is 0 Å². The van der Waals surface area contributed by atoms with Gasteiger partial charge in [-0.05, 0) is 32.0 Å². The van der Waals surface area contributed by atoms with E-state index in [1.165, 1.54) is 18.1 Å². The maximum Gasteiger partial charge on any atom is 0.410 e. The van der Waals surface area contributed by atoms with Crippen LogP contribution in [0, 0.1) is 5.82 Å². The third kappa shape index (κ3) is 3.67. The standard InChI is InChI=1S/C20H24FN3O3/c1-14(2)24(20(26)27-3)13-18(25)23-12-11-22-10-6-9-17(22)19(23)15-7-4-5-8-16(15)21/h4-10,14,19H,11-13H2,1-3H3/t19-/m0/s1. The number of carbonyl (C=O) groups is 2. The van der Waals surface area contributed by atoms with Gasteiger partial charge in [-0.3, -0.25) is 9.69 Å². The molecule has 0 saturated carbocycles. The second-order valence-electron chi connectivity index (χ2n) is 6.83. The number of benzene rings is 1. The molecule has 1 aromatic carbocycles. The number of methoxy groups -OCH3 is 1. The van der Waals surface area contributed by atoms with Crippen molar-refractivity contribution in [2.24, 2.45) is 0 Å². The topological polar surface area (TPSA) is 54.8 Å². The Morgan fingerprint density at radius 1 is 1.22 bits per heavy atom. The number of halogens is 1. The molecule has 0 fully saturated rings. The van der Waals surface area contributed by atoms with Crippen LogP contribution in [0.25, 0.3) is 0 Å². The molecule has 0 unspecified atom stereocenters. The summed E-state index contributed by atoms with van der Waals surface area (Å²) in [5, 5.41) is 0. The van der Waals surface area contributed by atoms with Gasteiger partial charge in [0.25, 0.3) is 0 Å². The van der Waals surface area contributed by atoms with Crippen LogP contribution >= 0.6 is 0 Å². The van der Waals surface area contributed by atoms with E-state index in [0.29, 0.717) is 18.7 Å². The first-order valence-corrected chi connectivity index (χ1v) is 8.97. The Hall–Kier alpha value is -2.83. The normalized spacial score (nSPS) is 16.2. The van der Waals surface area contributed by atoms with Gasteiger partial charge in [0, 0.05) is 36.6 Å². The zero-order valence-electron chi connectivity index (χ0n) is 15.8. The van der Waals surface area contributed by atoms with Crippen molar-refractivity contribution in [3.8, 4) is 0 Å². The molecule has 0 saturated heterocycles. The summed E-state index contributed by atoms with van der Waals surface area (Å²) >= 11 is 0. The summed E-state index contributed by atoms with van der Waals surface area (Å²) in [4.78, 5) is 28.1. The smallest absolute Gasteiger partial charge is 0.410 e. The Morgan fingerprint density at radius 3 is 2.63 bits per heavy atom. The molecular formula is C20H24FN3O3. The molecule has 6 nitrogen and oxygen atoms in total. The minimum atomic E-state index is -0.554. The third-order valence-corrected chi connectivity index (χ3v) is 4.90. The number of hydrogen-bond donors (Lipinski definition) is 0. The average Bonchev–Trinajstić information content (AvgIpc) is 3.13. The maximum atomic E-state index is 14.6. The highest BCUT2D eigenvalue weighted by Crippen LogP contribution is 2.33. The lowest BCUT2D eigenvalue weighted by atomic mass is 9.99. The summed E-state index contributed by atoms with van der Waals surface area (Å²) in [6.45, 7) is 4.58. The fourth-order valence-corrected chi connectivity index (χ4v) is 3.49. The highest BCUT2D eigenvalue weighted by Gasteiger charge is 2.35. The molecule has 1 aromatic heterocycles. The van der Waals surface area contributed by atoms with E-state index in [1.54, 1.807) is 23.1 Å². The van der Waals surface area contributed by atoms with Crippen molar-refractivity contribution in [2.75, 3.05) is 20.2 Å². The quantitative estimate of drug-likeness (QED) is 0.828. The van der Waals surface area contributed by atoms with Gasteiger partial charge in [-0.15, -0.1) is 0 Å². The lowest BCUT2D eigenvalue weighted by Gasteiger charge is -2.38. The lowest BCUT2D eigenvalue weighted by Crippen LogP contribution is -2.49. The Kier molecular flexibility index (Phi) is 5.48. The largest absolute Gasteiger partial charge is 0.453 e. The highest BCUT2D eigenvalue weighted by atomic mass is 19.1. The highest BCUT2D eigenvalue weighted by molar-refractivity contribution is 5.83. The first-order valence-electron chi connectivity index (χ1n) is 8.97. The van der Waals surface area contributed by atoms with Crippen LogP contribution in [0.3, 0.4) is 0 Å². The van der Waals surface area contributed by atoms with Gasteiger partial charge < -0.3 is 14.2 Å². The number of nitrogens with zero attached hydrogens (tertiary/aromatic N) is 3. The van der Waals surface area contributed by atoms with Gasteiger partial charge in [-0.25, -0.2) is 9.18 Å². The van der Waals surface area contributed by atoms with Crippen LogP contribution in [-0.2, 0) is 16.1 Å². The second kappa shape index (κ2) is 7.82. The van der Waals surface area contributed by atoms with E-state index in [0.717, 1.165) is 5.69 Å². The first-order chi connectivity index (χ1) is 12.9. The van der Waals surface area contributed by atoms with Crippen molar-refractivity contribution >= 4 is 12.0 Å². The zero-order chi connectivity index (χ0) is 19.6. The van der Waals surface area contributed by atoms with Gasteiger partial charge in [0.05, 0.1) is 7.11 Å². The van der Waals surface area contributed by atoms with Crippen LogP contribution in [-0.4, -0.2) is 52.6 Å². The van der Waals surface area contributed by atoms with E-state index in [9.17, 15) is 14.0 Å². The van der Waals surface area contributed by atoms with Gasteiger partial charge in [-0.1, -0.05) is 18.2 Å². The summed E-state index contributed by atoms with van der Waals surface area (Å²) < 4.78 is 21.4. The predicted molar refractivity (Wildman–Crippen MR) is 98.6 cm³/mol. The Morgan fingerprint density at radius 2 is 1.96 bits per heavy atom. The molecule has 0 radical (unpaired) electrons. The van der Waals surface area contributed by atoms with E-state index in [2.05, 4.69) is 0 Å². The number of aromatic nitrogens is 1. The molecule has 7 heteroatoms. The van der Waals surface area contributed by atoms with Gasteiger partial charge in [0.15, 0.2) is 0 Å². The fourth-order valence-electron chi connectivity index (χ4n) is 3.49. The second-order valence-corrected chi connectivity index (χ2v) is 6.83. The minimum absolute atomic E-state index is 0.115. The summed E-state index contributed by atoms with van der Waals surface area (Å²) in [7, 11) is 1.29. The van der Waals surface area contributed by atoms with Crippen LogP contribution in [0.4, 0.5) is 9.18 Å². The van der Waals surface area contributed by atoms with E-state index in [1.807, 2.05) is 36.7 Å². The van der Waals surface area contributed by atoms with Crippen LogP contribution in [0.5, 0.6) is 0 Å². The van der Waals surface area contributed by atoms with Gasteiger partial charge in [0.2, 0.25) is 5.91 Å². The molecule has 144 valence electrons. The average molecular weight is 373 g/mol. The van der Waals surface area contributed by atoms with Gasteiger partial charge in [-0.2, -0.15) is 0 Å². The number of fused-ring (bicyclic) bond motifs is 1. The van der Waals surface area contributed by atoms with E-state index in [-0.39, 0.29) is 24.3 Å². The zero-order valence-corrected chi connectivity index (χ0v) is 15.8. The van der Waals surface area contributed by atoms with Gasteiger partial charge >= 0.3 is 6.09 Å². The Balaban J connectivity index is 1.95. The molecular weight excluding hydrogens is 349 g/mol. The fraction of sp³-hybridized carbons (Fsp3) is 0.400. The Labute approximate surface area is 158 Å². The van der Waals surface area contributed by atoms with Crippen molar-refractivity contribution in [1.82, 2.24) is 14.4 Å². The number of hydrogen-bond acceptors (Lipinski definition) is 3. The van der Waals surface area contributed by atoms with E-state index >= 15 is 0 Å². The molecule has 0 N–H and O–H groups in total. The number of amides is 2. The summed E-state index contributed by atoms with van der Waals surface area (Å²) in [5.41, 5.74) is 1.30. The lowest BCUT2D eigenvalue weighted by molar-refractivity contribution is -0.135. The number of ether oxygens (including phenoxy) is 1. The number of rotatable bonds is 4.